The van der Waals surface area contributed by atoms with Gasteiger partial charge in [-0.3, -0.25) is 4.79 Å². The molecule has 1 N–H and O–H groups in total. The van der Waals surface area contributed by atoms with Crippen molar-refractivity contribution in [1.29, 1.82) is 0 Å². The lowest BCUT2D eigenvalue weighted by Crippen LogP contribution is -2.26. The van der Waals surface area contributed by atoms with Crippen LogP contribution in [0.3, 0.4) is 0 Å². The monoisotopic (exact) mass is 366 g/mol. The molecule has 0 atom stereocenters. The van der Waals surface area contributed by atoms with Crippen LogP contribution in [0.25, 0.3) is 10.6 Å². The third kappa shape index (κ3) is 4.11. The highest BCUT2D eigenvalue weighted by Crippen LogP contribution is 2.28. The first kappa shape index (κ1) is 18.1. The number of nitrogens with zero attached hydrogens (tertiary/aromatic N) is 1. The molecule has 5 heteroatoms. The van der Waals surface area contributed by atoms with Crippen LogP contribution in [0.2, 0.25) is 0 Å². The van der Waals surface area contributed by atoms with E-state index in [9.17, 15) is 4.79 Å². The molecule has 0 aliphatic heterocycles. The van der Waals surface area contributed by atoms with Crippen LogP contribution >= 0.6 is 11.3 Å². The van der Waals surface area contributed by atoms with E-state index in [1.807, 2.05) is 19.1 Å². The Balaban J connectivity index is 1.64. The van der Waals surface area contributed by atoms with Gasteiger partial charge in [-0.15, -0.1) is 11.3 Å². The third-order valence-electron chi connectivity index (χ3n) is 4.15. The van der Waals surface area contributed by atoms with Gasteiger partial charge in [-0.25, -0.2) is 4.98 Å². The number of ether oxygens (including phenoxy) is 1. The van der Waals surface area contributed by atoms with Crippen LogP contribution in [0, 0.1) is 13.8 Å². The van der Waals surface area contributed by atoms with Crippen molar-refractivity contribution in [3.05, 3.63) is 70.2 Å². The van der Waals surface area contributed by atoms with Crippen molar-refractivity contribution in [2.75, 3.05) is 13.7 Å². The summed E-state index contributed by atoms with van der Waals surface area (Å²) in [5.74, 6) is 0.462. The van der Waals surface area contributed by atoms with Gasteiger partial charge >= 0.3 is 0 Å². The molecule has 0 radical (unpaired) electrons. The van der Waals surface area contributed by atoms with Gasteiger partial charge in [0.25, 0.3) is 5.91 Å². The molecule has 2 aromatic carbocycles. The first-order valence-electron chi connectivity index (χ1n) is 8.53. The Morgan fingerprint density at radius 3 is 2.73 bits per heavy atom. The fraction of sp³-hybridized carbons (Fsp3) is 0.238. The Morgan fingerprint density at radius 1 is 1.15 bits per heavy atom. The van der Waals surface area contributed by atoms with Gasteiger partial charge in [0.1, 0.15) is 10.8 Å². The molecule has 4 nitrogen and oxygen atoms in total. The van der Waals surface area contributed by atoms with Crippen molar-refractivity contribution in [3.63, 3.8) is 0 Å². The topological polar surface area (TPSA) is 51.2 Å². The molecule has 0 aliphatic rings. The standard InChI is InChI=1S/C21H22N2O2S/c1-14-7-6-8-16(13-14)21-23-15(2)19(26-21)11-12-22-20(24)17-9-4-5-10-18(17)25-3/h4-10,13H,11-12H2,1-3H3,(H,22,24). The van der Waals surface area contributed by atoms with Crippen LogP contribution in [0.4, 0.5) is 0 Å². The number of methoxy groups -OCH3 is 1. The zero-order chi connectivity index (χ0) is 18.5. The summed E-state index contributed by atoms with van der Waals surface area (Å²) in [7, 11) is 1.57. The molecule has 0 fully saturated rings. The molecule has 0 bridgehead atoms. The smallest absolute Gasteiger partial charge is 0.255 e. The second-order valence-electron chi connectivity index (χ2n) is 6.10. The van der Waals surface area contributed by atoms with E-state index < -0.39 is 0 Å². The molecule has 3 aromatic rings. The van der Waals surface area contributed by atoms with E-state index in [4.69, 9.17) is 9.72 Å². The predicted molar refractivity (Wildman–Crippen MR) is 106 cm³/mol. The van der Waals surface area contributed by atoms with Gasteiger partial charge in [0, 0.05) is 23.4 Å². The van der Waals surface area contributed by atoms with E-state index in [2.05, 4.69) is 36.5 Å². The Kier molecular flexibility index (Phi) is 5.68. The van der Waals surface area contributed by atoms with Crippen molar-refractivity contribution in [2.45, 2.75) is 20.3 Å². The number of para-hydroxylation sites is 1. The Labute approximate surface area is 157 Å². The van der Waals surface area contributed by atoms with Crippen molar-refractivity contribution in [3.8, 4) is 16.3 Å². The number of rotatable bonds is 6. The highest BCUT2D eigenvalue weighted by Gasteiger charge is 2.13. The molecule has 0 saturated heterocycles. The predicted octanol–water partition coefficient (Wildman–Crippen LogP) is 4.41. The van der Waals surface area contributed by atoms with E-state index in [0.29, 0.717) is 17.9 Å². The minimum Gasteiger partial charge on any atom is -0.496 e. The normalized spacial score (nSPS) is 10.6. The number of hydrogen-bond acceptors (Lipinski definition) is 4. The van der Waals surface area contributed by atoms with Crippen LogP contribution < -0.4 is 10.1 Å². The van der Waals surface area contributed by atoms with Crippen LogP contribution in [0.1, 0.15) is 26.5 Å². The first-order chi connectivity index (χ1) is 12.6. The van der Waals surface area contributed by atoms with E-state index in [-0.39, 0.29) is 5.91 Å². The summed E-state index contributed by atoms with van der Waals surface area (Å²) in [4.78, 5) is 18.2. The fourth-order valence-electron chi connectivity index (χ4n) is 2.78. The van der Waals surface area contributed by atoms with Gasteiger partial charge in [-0.05, 0) is 32.0 Å². The minimum absolute atomic E-state index is 0.122. The average Bonchev–Trinajstić information content (AvgIpc) is 3.02. The number of aryl methyl sites for hydroxylation is 2. The number of hydrogen-bond donors (Lipinski definition) is 1. The SMILES string of the molecule is COc1ccccc1C(=O)NCCc1sc(-c2cccc(C)c2)nc1C. The highest BCUT2D eigenvalue weighted by molar-refractivity contribution is 7.15. The van der Waals surface area contributed by atoms with Gasteiger partial charge < -0.3 is 10.1 Å². The molecular weight excluding hydrogens is 344 g/mol. The number of benzene rings is 2. The second kappa shape index (κ2) is 8.15. The van der Waals surface area contributed by atoms with E-state index in [0.717, 1.165) is 22.7 Å². The van der Waals surface area contributed by atoms with Crippen molar-refractivity contribution < 1.29 is 9.53 Å². The van der Waals surface area contributed by atoms with Crippen LogP contribution in [0.15, 0.2) is 48.5 Å². The van der Waals surface area contributed by atoms with Gasteiger partial charge in [0.15, 0.2) is 0 Å². The summed E-state index contributed by atoms with van der Waals surface area (Å²) in [5, 5.41) is 3.99. The third-order valence-corrected chi connectivity index (χ3v) is 5.41. The quantitative estimate of drug-likeness (QED) is 0.703. The highest BCUT2D eigenvalue weighted by atomic mass is 32.1. The molecule has 1 amide bonds. The maximum absolute atomic E-state index is 12.4. The summed E-state index contributed by atoms with van der Waals surface area (Å²) >= 11 is 1.69. The number of aromatic nitrogens is 1. The molecule has 0 saturated carbocycles. The molecule has 1 aromatic heterocycles. The Bertz CT molecular complexity index is 918. The van der Waals surface area contributed by atoms with Crippen LogP contribution in [0.5, 0.6) is 5.75 Å². The van der Waals surface area contributed by atoms with Crippen LogP contribution in [-0.4, -0.2) is 24.5 Å². The fourth-order valence-corrected chi connectivity index (χ4v) is 3.84. The van der Waals surface area contributed by atoms with E-state index in [1.54, 1.807) is 30.6 Å². The second-order valence-corrected chi connectivity index (χ2v) is 7.19. The van der Waals surface area contributed by atoms with Gasteiger partial charge in [-0.2, -0.15) is 0 Å². The van der Waals surface area contributed by atoms with Gasteiger partial charge in [0.05, 0.1) is 18.4 Å². The van der Waals surface area contributed by atoms with Crippen LogP contribution in [-0.2, 0) is 6.42 Å². The number of thiazole rings is 1. The lowest BCUT2D eigenvalue weighted by Gasteiger charge is -2.08. The molecule has 134 valence electrons. The molecule has 1 heterocycles. The lowest BCUT2D eigenvalue weighted by molar-refractivity contribution is 0.0951. The van der Waals surface area contributed by atoms with E-state index in [1.165, 1.54) is 10.4 Å². The van der Waals surface area contributed by atoms with E-state index >= 15 is 0 Å². The number of nitrogens with one attached hydrogen (secondary N) is 1. The number of carbonyl (C=O) groups is 1. The molecule has 0 spiro atoms. The van der Waals surface area contributed by atoms with Crippen molar-refractivity contribution in [2.24, 2.45) is 0 Å². The maximum atomic E-state index is 12.4. The molecule has 0 unspecified atom stereocenters. The molecule has 3 rings (SSSR count). The maximum Gasteiger partial charge on any atom is 0.255 e. The molecule has 26 heavy (non-hydrogen) atoms. The number of amides is 1. The van der Waals surface area contributed by atoms with Gasteiger partial charge in [0.2, 0.25) is 0 Å². The minimum atomic E-state index is -0.122. The summed E-state index contributed by atoms with van der Waals surface area (Å²) in [5.41, 5.74) is 3.94. The average molecular weight is 366 g/mol. The summed E-state index contributed by atoms with van der Waals surface area (Å²) < 4.78 is 5.24. The van der Waals surface area contributed by atoms with Gasteiger partial charge in [-0.1, -0.05) is 35.9 Å². The molecule has 0 aliphatic carbocycles. The summed E-state index contributed by atoms with van der Waals surface area (Å²) in [6.45, 7) is 4.67. The largest absolute Gasteiger partial charge is 0.496 e. The zero-order valence-corrected chi connectivity index (χ0v) is 16.0. The molecular formula is C21H22N2O2S. The number of carbonyl (C=O) groups excluding carboxylic acids is 1. The summed E-state index contributed by atoms with van der Waals surface area (Å²) in [6.07, 6.45) is 0.760. The van der Waals surface area contributed by atoms with Crippen molar-refractivity contribution in [1.82, 2.24) is 10.3 Å². The zero-order valence-electron chi connectivity index (χ0n) is 15.2. The Morgan fingerprint density at radius 2 is 1.96 bits per heavy atom. The summed E-state index contributed by atoms with van der Waals surface area (Å²) in [6, 6.07) is 15.6. The first-order valence-corrected chi connectivity index (χ1v) is 9.34. The Hall–Kier alpha value is -2.66. The lowest BCUT2D eigenvalue weighted by atomic mass is 10.1. The van der Waals surface area contributed by atoms with Crippen molar-refractivity contribution >= 4 is 17.2 Å².